The fourth-order valence-corrected chi connectivity index (χ4v) is 1.48. The lowest BCUT2D eigenvalue weighted by molar-refractivity contribution is 0.117. The van der Waals surface area contributed by atoms with Gasteiger partial charge in [-0.25, -0.2) is 0 Å². The first-order valence-electron chi connectivity index (χ1n) is 5.15. The molecule has 0 fully saturated rings. The number of benzene rings is 1. The molecule has 14 heavy (non-hydrogen) atoms. The van der Waals surface area contributed by atoms with Crippen molar-refractivity contribution in [2.75, 3.05) is 6.61 Å². The maximum Gasteiger partial charge on any atom is 0.0717 e. The van der Waals surface area contributed by atoms with Gasteiger partial charge in [-0.15, -0.1) is 0 Å². The molecule has 1 aromatic rings. The average Bonchev–Trinajstić information content (AvgIpc) is 2.18. The largest absolute Gasteiger partial charge is 0.377 e. The highest BCUT2D eigenvalue weighted by atomic mass is 35.5. The van der Waals surface area contributed by atoms with E-state index in [1.165, 1.54) is 12.8 Å². The Bertz CT molecular complexity index is 260. The molecule has 0 aromatic heterocycles. The Morgan fingerprint density at radius 1 is 1.29 bits per heavy atom. The van der Waals surface area contributed by atoms with Gasteiger partial charge in [0.1, 0.15) is 0 Å². The van der Waals surface area contributed by atoms with Gasteiger partial charge in [0.05, 0.1) is 6.61 Å². The average molecular weight is 213 g/mol. The molecule has 0 aliphatic rings. The summed E-state index contributed by atoms with van der Waals surface area (Å²) in [4.78, 5) is 0. The van der Waals surface area contributed by atoms with Crippen LogP contribution in [0, 0.1) is 0 Å². The maximum atomic E-state index is 5.85. The van der Waals surface area contributed by atoms with Crippen LogP contribution in [-0.4, -0.2) is 6.61 Å². The minimum Gasteiger partial charge on any atom is -0.377 e. The molecule has 78 valence electrons. The summed E-state index contributed by atoms with van der Waals surface area (Å²) in [6.07, 6.45) is 3.63. The monoisotopic (exact) mass is 212 g/mol. The standard InChI is InChI=1S/C12H17ClO/c1-2-3-4-8-14-10-11-6-5-7-12(13)9-11/h5-7,9H,2-4,8,10H2,1H3. The first kappa shape index (κ1) is 11.5. The third kappa shape index (κ3) is 4.64. The van der Waals surface area contributed by atoms with Crippen LogP contribution in [-0.2, 0) is 11.3 Å². The SMILES string of the molecule is CCCCCOCc1cccc(Cl)c1. The van der Waals surface area contributed by atoms with Crippen LogP contribution < -0.4 is 0 Å². The smallest absolute Gasteiger partial charge is 0.0717 e. The zero-order valence-electron chi connectivity index (χ0n) is 8.63. The summed E-state index contributed by atoms with van der Waals surface area (Å²) < 4.78 is 5.52. The van der Waals surface area contributed by atoms with E-state index in [4.69, 9.17) is 16.3 Å². The van der Waals surface area contributed by atoms with Crippen LogP contribution in [0.2, 0.25) is 5.02 Å². The third-order valence-corrected chi connectivity index (χ3v) is 2.29. The number of hydrogen-bond acceptors (Lipinski definition) is 1. The summed E-state index contributed by atoms with van der Waals surface area (Å²) >= 11 is 5.85. The fourth-order valence-electron chi connectivity index (χ4n) is 1.27. The molecule has 0 bridgehead atoms. The van der Waals surface area contributed by atoms with Crippen LogP contribution in [0.1, 0.15) is 31.7 Å². The fraction of sp³-hybridized carbons (Fsp3) is 0.500. The number of unbranched alkanes of at least 4 members (excludes halogenated alkanes) is 2. The van der Waals surface area contributed by atoms with Crippen molar-refractivity contribution < 1.29 is 4.74 Å². The second kappa shape index (κ2) is 6.86. The Labute approximate surface area is 91.0 Å². The molecule has 0 atom stereocenters. The predicted molar refractivity (Wildman–Crippen MR) is 60.6 cm³/mol. The second-order valence-electron chi connectivity index (χ2n) is 3.39. The highest BCUT2D eigenvalue weighted by Gasteiger charge is 1.94. The van der Waals surface area contributed by atoms with E-state index in [0.29, 0.717) is 6.61 Å². The third-order valence-electron chi connectivity index (χ3n) is 2.05. The van der Waals surface area contributed by atoms with Gasteiger partial charge in [0.2, 0.25) is 0 Å². The summed E-state index contributed by atoms with van der Waals surface area (Å²) in [5.74, 6) is 0. The van der Waals surface area contributed by atoms with E-state index in [0.717, 1.165) is 23.6 Å². The molecule has 2 heteroatoms. The zero-order chi connectivity index (χ0) is 10.2. The molecular formula is C12H17ClO. The normalized spacial score (nSPS) is 10.4. The Hall–Kier alpha value is -0.530. The van der Waals surface area contributed by atoms with Crippen LogP contribution >= 0.6 is 11.6 Å². The van der Waals surface area contributed by atoms with Crippen molar-refractivity contribution in [3.8, 4) is 0 Å². The van der Waals surface area contributed by atoms with Crippen molar-refractivity contribution in [2.24, 2.45) is 0 Å². The zero-order valence-corrected chi connectivity index (χ0v) is 9.39. The van der Waals surface area contributed by atoms with E-state index >= 15 is 0 Å². The van der Waals surface area contributed by atoms with Gasteiger partial charge >= 0.3 is 0 Å². The molecule has 0 spiro atoms. The van der Waals surface area contributed by atoms with Crippen molar-refractivity contribution >= 4 is 11.6 Å². The van der Waals surface area contributed by atoms with Crippen molar-refractivity contribution in [3.05, 3.63) is 34.9 Å². The number of hydrogen-bond donors (Lipinski definition) is 0. The van der Waals surface area contributed by atoms with Crippen LogP contribution in [0.5, 0.6) is 0 Å². The molecule has 0 N–H and O–H groups in total. The lowest BCUT2D eigenvalue weighted by Crippen LogP contribution is -1.95. The van der Waals surface area contributed by atoms with Crippen LogP contribution in [0.3, 0.4) is 0 Å². The molecule has 0 saturated heterocycles. The molecule has 0 aliphatic carbocycles. The van der Waals surface area contributed by atoms with Crippen LogP contribution in [0.4, 0.5) is 0 Å². The van der Waals surface area contributed by atoms with E-state index in [1.54, 1.807) is 0 Å². The van der Waals surface area contributed by atoms with Crippen molar-refractivity contribution in [3.63, 3.8) is 0 Å². The van der Waals surface area contributed by atoms with Crippen molar-refractivity contribution in [2.45, 2.75) is 32.8 Å². The Kier molecular flexibility index (Phi) is 5.65. The summed E-state index contributed by atoms with van der Waals surface area (Å²) in [7, 11) is 0. The number of halogens is 1. The predicted octanol–water partition coefficient (Wildman–Crippen LogP) is 4.05. The molecule has 0 amide bonds. The Morgan fingerprint density at radius 3 is 2.86 bits per heavy atom. The molecule has 0 unspecified atom stereocenters. The van der Waals surface area contributed by atoms with Crippen molar-refractivity contribution in [1.82, 2.24) is 0 Å². The summed E-state index contributed by atoms with van der Waals surface area (Å²) in [6, 6.07) is 7.81. The number of rotatable bonds is 6. The van der Waals surface area contributed by atoms with E-state index in [2.05, 4.69) is 6.92 Å². The van der Waals surface area contributed by atoms with Gasteiger partial charge in [0.15, 0.2) is 0 Å². The lowest BCUT2D eigenvalue weighted by atomic mass is 10.2. The lowest BCUT2D eigenvalue weighted by Gasteiger charge is -2.03. The summed E-state index contributed by atoms with van der Waals surface area (Å²) in [5.41, 5.74) is 1.15. The molecule has 1 aromatic carbocycles. The van der Waals surface area contributed by atoms with Crippen LogP contribution in [0.15, 0.2) is 24.3 Å². The van der Waals surface area contributed by atoms with Gasteiger partial charge in [0.25, 0.3) is 0 Å². The topological polar surface area (TPSA) is 9.23 Å². The molecule has 1 rings (SSSR count). The van der Waals surface area contributed by atoms with E-state index in [1.807, 2.05) is 24.3 Å². The molecule has 0 saturated carbocycles. The van der Waals surface area contributed by atoms with Gasteiger partial charge in [-0.2, -0.15) is 0 Å². The minimum atomic E-state index is 0.671. The quantitative estimate of drug-likeness (QED) is 0.647. The summed E-state index contributed by atoms with van der Waals surface area (Å²) in [6.45, 7) is 3.71. The van der Waals surface area contributed by atoms with Gasteiger partial charge in [-0.1, -0.05) is 43.5 Å². The number of ether oxygens (including phenoxy) is 1. The van der Waals surface area contributed by atoms with Gasteiger partial charge < -0.3 is 4.74 Å². The highest BCUT2D eigenvalue weighted by molar-refractivity contribution is 6.30. The Balaban J connectivity index is 2.18. The molecule has 0 heterocycles. The molecule has 0 aliphatic heterocycles. The van der Waals surface area contributed by atoms with E-state index in [9.17, 15) is 0 Å². The highest BCUT2D eigenvalue weighted by Crippen LogP contribution is 2.11. The molecular weight excluding hydrogens is 196 g/mol. The first-order chi connectivity index (χ1) is 6.83. The van der Waals surface area contributed by atoms with Crippen LogP contribution in [0.25, 0.3) is 0 Å². The van der Waals surface area contributed by atoms with Gasteiger partial charge in [0, 0.05) is 11.6 Å². The first-order valence-corrected chi connectivity index (χ1v) is 5.53. The minimum absolute atomic E-state index is 0.671. The maximum absolute atomic E-state index is 5.85. The summed E-state index contributed by atoms with van der Waals surface area (Å²) in [5, 5.41) is 0.777. The van der Waals surface area contributed by atoms with Gasteiger partial charge in [-0.3, -0.25) is 0 Å². The molecule has 1 nitrogen and oxygen atoms in total. The Morgan fingerprint density at radius 2 is 2.14 bits per heavy atom. The van der Waals surface area contributed by atoms with Crippen molar-refractivity contribution in [1.29, 1.82) is 0 Å². The van der Waals surface area contributed by atoms with E-state index in [-0.39, 0.29) is 0 Å². The second-order valence-corrected chi connectivity index (χ2v) is 3.83. The van der Waals surface area contributed by atoms with Gasteiger partial charge in [-0.05, 0) is 24.1 Å². The van der Waals surface area contributed by atoms with E-state index < -0.39 is 0 Å². The molecule has 0 radical (unpaired) electrons.